The number of hydrogen-bond acceptors (Lipinski definition) is 1. The maximum atomic E-state index is 2.59. The highest BCUT2D eigenvalue weighted by Gasteiger charge is 2.49. The van der Waals surface area contributed by atoms with Gasteiger partial charge in [-0.2, -0.15) is 9.13 Å². The van der Waals surface area contributed by atoms with Gasteiger partial charge in [-0.15, -0.1) is 0 Å². The summed E-state index contributed by atoms with van der Waals surface area (Å²) in [5.41, 5.74) is 20.5. The van der Waals surface area contributed by atoms with E-state index in [1.165, 1.54) is 106 Å². The molecule has 0 N–H and O–H groups in total. The van der Waals surface area contributed by atoms with Crippen LogP contribution in [-0.4, -0.2) is 0 Å². The quantitative estimate of drug-likeness (QED) is 0.165. The highest BCUT2D eigenvalue weighted by Crippen LogP contribution is 2.61. The fourth-order valence-corrected chi connectivity index (χ4v) is 10.5. The van der Waals surface area contributed by atoms with Crippen LogP contribution in [0.5, 0.6) is 0 Å². The van der Waals surface area contributed by atoms with Crippen LogP contribution in [0, 0.1) is 0 Å². The minimum Gasteiger partial charge on any atom is -0.309 e. The summed E-state index contributed by atoms with van der Waals surface area (Å²) in [7, 11) is 0. The van der Waals surface area contributed by atoms with E-state index in [2.05, 4.69) is 157 Å². The minimum absolute atomic E-state index is 0.133. The highest BCUT2D eigenvalue weighted by molar-refractivity contribution is 6.15. The first-order chi connectivity index (χ1) is 23.8. The van der Waals surface area contributed by atoms with Crippen molar-refractivity contribution in [3.63, 3.8) is 0 Å². The van der Waals surface area contributed by atoms with E-state index in [9.17, 15) is 0 Å². The van der Waals surface area contributed by atoms with Gasteiger partial charge < -0.3 is 4.90 Å². The molecule has 0 radical (unpaired) electrons. The van der Waals surface area contributed by atoms with Gasteiger partial charge in [0.2, 0.25) is 11.4 Å². The molecule has 5 aromatic carbocycles. The van der Waals surface area contributed by atoms with Gasteiger partial charge in [0.15, 0.2) is 25.5 Å². The van der Waals surface area contributed by atoms with E-state index in [0.717, 1.165) is 13.1 Å². The molecule has 5 aliphatic rings. The number of aromatic nitrogens is 2. The summed E-state index contributed by atoms with van der Waals surface area (Å²) in [4.78, 5) is 2.59. The third-order valence-electron chi connectivity index (χ3n) is 12.8. The van der Waals surface area contributed by atoms with Crippen molar-refractivity contribution in [3.8, 4) is 22.5 Å². The second kappa shape index (κ2) is 8.36. The van der Waals surface area contributed by atoms with Gasteiger partial charge in [-0.05, 0) is 57.3 Å². The van der Waals surface area contributed by atoms with Crippen LogP contribution in [0.25, 0.3) is 55.2 Å². The van der Waals surface area contributed by atoms with Gasteiger partial charge in [0.05, 0.1) is 33.3 Å². The Morgan fingerprint density at radius 2 is 0.959 bits per heavy atom. The van der Waals surface area contributed by atoms with Gasteiger partial charge >= 0.3 is 0 Å². The Kier molecular flexibility index (Phi) is 4.50. The van der Waals surface area contributed by atoms with E-state index in [1.54, 1.807) is 0 Å². The fourth-order valence-electron chi connectivity index (χ4n) is 10.5. The first-order valence-corrected chi connectivity index (χ1v) is 17.7. The van der Waals surface area contributed by atoms with Gasteiger partial charge in [0, 0.05) is 50.9 Å². The van der Waals surface area contributed by atoms with Crippen molar-refractivity contribution in [2.45, 2.75) is 51.6 Å². The molecule has 0 saturated carbocycles. The maximum absolute atomic E-state index is 2.59. The van der Waals surface area contributed by atoms with E-state index < -0.39 is 0 Å². The molecule has 3 aliphatic heterocycles. The zero-order valence-corrected chi connectivity index (χ0v) is 28.2. The van der Waals surface area contributed by atoms with E-state index in [1.807, 2.05) is 0 Å². The van der Waals surface area contributed by atoms with E-state index in [-0.39, 0.29) is 10.8 Å². The number of para-hydroxylation sites is 1. The molecule has 0 saturated heterocycles. The Balaban J connectivity index is 1.31. The lowest BCUT2D eigenvalue weighted by Gasteiger charge is -2.38. The second-order valence-electron chi connectivity index (χ2n) is 15.8. The van der Waals surface area contributed by atoms with Gasteiger partial charge in [0.1, 0.15) is 0 Å². The van der Waals surface area contributed by atoms with Crippen LogP contribution in [0.1, 0.15) is 61.1 Å². The molecule has 49 heavy (non-hydrogen) atoms. The first kappa shape index (κ1) is 26.4. The normalized spacial score (nSPS) is 17.4. The van der Waals surface area contributed by atoms with Crippen molar-refractivity contribution in [2.75, 3.05) is 4.90 Å². The molecule has 0 amide bonds. The van der Waals surface area contributed by atoms with Crippen LogP contribution in [0.15, 0.2) is 116 Å². The number of benzene rings is 5. The number of rotatable bonds is 1. The van der Waals surface area contributed by atoms with Crippen LogP contribution in [-0.2, 0) is 23.9 Å². The summed E-state index contributed by atoms with van der Waals surface area (Å²) >= 11 is 0. The molecule has 3 heteroatoms. The molecule has 7 aromatic rings. The second-order valence-corrected chi connectivity index (χ2v) is 15.8. The Morgan fingerprint density at radius 1 is 0.469 bits per heavy atom. The predicted molar refractivity (Wildman–Crippen MR) is 198 cm³/mol. The van der Waals surface area contributed by atoms with E-state index in [0.29, 0.717) is 0 Å². The average molecular weight is 630 g/mol. The van der Waals surface area contributed by atoms with Crippen LogP contribution in [0.2, 0.25) is 0 Å². The van der Waals surface area contributed by atoms with Crippen molar-refractivity contribution >= 4 is 49.8 Å². The SMILES string of the molecule is CC1(C)c2ccc3c4c2-c2c5c1cccc5cc[n+]2CC4=C1C[n+]2ccc4cccc5c4c2-c2c(ccc(c21)N3c1ccccc1)C5(C)C. The number of pyridine rings is 2. The van der Waals surface area contributed by atoms with Gasteiger partial charge in [0.25, 0.3) is 0 Å². The van der Waals surface area contributed by atoms with E-state index in [4.69, 9.17) is 0 Å². The minimum atomic E-state index is -0.133. The molecule has 3 nitrogen and oxygen atoms in total. The van der Waals surface area contributed by atoms with Gasteiger partial charge in [-0.1, -0.05) is 94.4 Å². The average Bonchev–Trinajstić information content (AvgIpc) is 3.24. The zero-order valence-electron chi connectivity index (χ0n) is 28.2. The third-order valence-corrected chi connectivity index (χ3v) is 12.8. The highest BCUT2D eigenvalue weighted by atomic mass is 15.2. The molecule has 2 aromatic heterocycles. The van der Waals surface area contributed by atoms with Crippen molar-refractivity contribution < 1.29 is 9.13 Å². The lowest BCUT2D eigenvalue weighted by atomic mass is 9.66. The smallest absolute Gasteiger partial charge is 0.222 e. The van der Waals surface area contributed by atoms with Gasteiger partial charge in [-0.25, -0.2) is 0 Å². The molecule has 232 valence electrons. The number of allylic oxidation sites excluding steroid dienone is 2. The predicted octanol–water partition coefficient (Wildman–Crippen LogP) is 9.90. The van der Waals surface area contributed by atoms with Crippen molar-refractivity contribution in [2.24, 2.45) is 0 Å². The maximum Gasteiger partial charge on any atom is 0.222 e. The van der Waals surface area contributed by atoms with E-state index >= 15 is 0 Å². The van der Waals surface area contributed by atoms with Crippen molar-refractivity contribution in [1.29, 1.82) is 0 Å². The third kappa shape index (κ3) is 2.91. The Labute approximate surface area is 286 Å². The molecule has 12 rings (SSSR count). The molecule has 0 bridgehead atoms. The molecule has 2 aliphatic carbocycles. The lowest BCUT2D eigenvalue weighted by Crippen LogP contribution is -2.45. The molecule has 0 spiro atoms. The van der Waals surface area contributed by atoms with Crippen molar-refractivity contribution in [1.82, 2.24) is 0 Å². The summed E-state index contributed by atoms with van der Waals surface area (Å²) in [6.45, 7) is 11.4. The van der Waals surface area contributed by atoms with Crippen molar-refractivity contribution in [3.05, 3.63) is 149 Å². The topological polar surface area (TPSA) is 11.0 Å². The number of hydrogen-bond donors (Lipinski definition) is 0. The van der Waals surface area contributed by atoms with Gasteiger partial charge in [-0.3, -0.25) is 0 Å². The standard InChI is InChI=1S/C46H35N3/c1-45(2)31-14-8-10-26-20-22-47-24-29-30-25-48-23-21-27-11-9-15-32-38(27)44(48)42-34(46(32,3)4)17-19-36(40(30)42)49(28-12-6-5-7-13-28)35-18-16-33(45)41(39(29)35)43(47)37(26)31/h5-23H,24-25H2,1-4H3/q+2. The first-order valence-electron chi connectivity index (χ1n) is 17.7. The van der Waals surface area contributed by atoms with Crippen LogP contribution in [0.4, 0.5) is 17.1 Å². The molecular formula is C46H35N3+2. The lowest BCUT2D eigenvalue weighted by molar-refractivity contribution is -0.676. The van der Waals surface area contributed by atoms with Crippen LogP contribution in [0.3, 0.4) is 0 Å². The molecule has 5 heterocycles. The Morgan fingerprint density at radius 3 is 1.45 bits per heavy atom. The monoisotopic (exact) mass is 629 g/mol. The molecule has 0 atom stereocenters. The zero-order chi connectivity index (χ0) is 32.6. The Bertz CT molecular complexity index is 2590. The fraction of sp³-hybridized carbons (Fsp3) is 0.174. The van der Waals surface area contributed by atoms with Crippen LogP contribution >= 0.6 is 0 Å². The Hall–Kier alpha value is -5.54. The summed E-state index contributed by atoms with van der Waals surface area (Å²) in [5.74, 6) is 0. The molecule has 0 fully saturated rings. The largest absolute Gasteiger partial charge is 0.309 e. The molecular weight excluding hydrogens is 595 g/mol. The summed E-state index contributed by atoms with van der Waals surface area (Å²) in [5, 5.41) is 5.48. The number of anilines is 3. The number of nitrogens with zero attached hydrogens (tertiary/aromatic N) is 3. The molecule has 0 unspecified atom stereocenters. The summed E-state index contributed by atoms with van der Waals surface area (Å²) in [6, 6.07) is 39.3. The summed E-state index contributed by atoms with van der Waals surface area (Å²) < 4.78 is 5.13. The van der Waals surface area contributed by atoms with Crippen LogP contribution < -0.4 is 14.0 Å². The summed E-state index contributed by atoms with van der Waals surface area (Å²) in [6.07, 6.45) is 4.70.